The maximum absolute atomic E-state index is 14.4. The molecule has 39 heavy (non-hydrogen) atoms. The summed E-state index contributed by atoms with van der Waals surface area (Å²) in [6, 6.07) is 9.33. The molecule has 5 rings (SSSR count). The Morgan fingerprint density at radius 2 is 1.97 bits per heavy atom. The highest BCUT2D eigenvalue weighted by molar-refractivity contribution is 6.00. The average molecular weight is 533 g/mol. The van der Waals surface area contributed by atoms with E-state index < -0.39 is 17.7 Å². The zero-order chi connectivity index (χ0) is 28.0. The van der Waals surface area contributed by atoms with Crippen molar-refractivity contribution in [2.24, 2.45) is 5.41 Å². The van der Waals surface area contributed by atoms with Crippen LogP contribution in [0.2, 0.25) is 0 Å². The van der Waals surface area contributed by atoms with Crippen LogP contribution < -0.4 is 10.6 Å². The lowest BCUT2D eigenvalue weighted by Gasteiger charge is -2.30. The van der Waals surface area contributed by atoms with Crippen LogP contribution in [-0.4, -0.2) is 55.3 Å². The first-order valence-electron chi connectivity index (χ1n) is 13.2. The SMILES string of the molecule is CC(=O)CC12CCC(Nc3cc(-c4ccc5cc(C#N)cnn45)ncc3C(=O)NC[C@@H](F)C(C)(C)O)(CC1)C2. The van der Waals surface area contributed by atoms with Crippen LogP contribution in [0, 0.1) is 16.7 Å². The van der Waals surface area contributed by atoms with Crippen LogP contribution in [0.15, 0.2) is 36.7 Å². The number of carbonyl (C=O) groups excluding carboxylic acids is 2. The number of Topliss-reactive ketones (excluding diaryl/α,β-unsaturated/α-hetero) is 1. The number of amides is 1. The number of nitrogens with one attached hydrogen (secondary N) is 2. The van der Waals surface area contributed by atoms with Gasteiger partial charge in [0.15, 0.2) is 0 Å². The summed E-state index contributed by atoms with van der Waals surface area (Å²) in [5.41, 5.74) is 1.45. The second-order valence-electron chi connectivity index (χ2n) is 11.8. The number of aromatic nitrogens is 3. The number of nitrogens with zero attached hydrogens (tertiary/aromatic N) is 4. The summed E-state index contributed by atoms with van der Waals surface area (Å²) in [5.74, 6) is -0.304. The number of hydrogen-bond acceptors (Lipinski definition) is 7. The summed E-state index contributed by atoms with van der Waals surface area (Å²) in [6.07, 6.45) is 6.38. The van der Waals surface area contributed by atoms with Crippen molar-refractivity contribution in [3.05, 3.63) is 47.8 Å². The Hall–Kier alpha value is -3.84. The molecule has 3 heterocycles. The van der Waals surface area contributed by atoms with Crippen molar-refractivity contribution < 1.29 is 19.1 Å². The first-order valence-corrected chi connectivity index (χ1v) is 13.2. The summed E-state index contributed by atoms with van der Waals surface area (Å²) in [4.78, 5) is 29.7. The molecule has 10 heteroatoms. The van der Waals surface area contributed by atoms with Crippen molar-refractivity contribution in [2.45, 2.75) is 76.6 Å². The molecule has 204 valence electrons. The number of pyridine rings is 1. The highest BCUT2D eigenvalue weighted by Gasteiger charge is 2.54. The first-order chi connectivity index (χ1) is 18.4. The van der Waals surface area contributed by atoms with Crippen LogP contribution in [0.5, 0.6) is 0 Å². The molecule has 1 atom stereocenters. The average Bonchev–Trinajstić information content (AvgIpc) is 3.56. The Labute approximate surface area is 226 Å². The van der Waals surface area contributed by atoms with Crippen LogP contribution in [0.1, 0.15) is 75.2 Å². The standard InChI is InChI=1S/C29H33FN6O3/c1-18(37)12-28-6-8-29(17-28,9-7-28)35-22-11-23(24-5-4-20-10-19(13-31)14-34-36(20)24)32-15-21(22)26(38)33-16-25(30)27(2,3)39/h4-5,10-11,14-15,25,39H,6-9,12,16-17H2,1-3H3,(H,32,35)(H,33,38)/t25-,28?,29?/m1/s1. The van der Waals surface area contributed by atoms with E-state index in [1.54, 1.807) is 23.6 Å². The molecule has 2 fully saturated rings. The van der Waals surface area contributed by atoms with Crippen LogP contribution in [0.3, 0.4) is 0 Å². The molecule has 1 amide bonds. The van der Waals surface area contributed by atoms with Crippen molar-refractivity contribution >= 4 is 22.9 Å². The number of anilines is 1. The third kappa shape index (κ3) is 5.23. The smallest absolute Gasteiger partial charge is 0.255 e. The van der Waals surface area contributed by atoms with Gasteiger partial charge in [0.2, 0.25) is 0 Å². The van der Waals surface area contributed by atoms with E-state index in [0.717, 1.165) is 37.6 Å². The summed E-state index contributed by atoms with van der Waals surface area (Å²) >= 11 is 0. The molecular formula is C29H33FN6O3. The second-order valence-corrected chi connectivity index (χ2v) is 11.8. The Kier molecular flexibility index (Phi) is 6.67. The van der Waals surface area contributed by atoms with E-state index in [1.165, 1.54) is 26.2 Å². The van der Waals surface area contributed by atoms with E-state index in [9.17, 15) is 24.3 Å². The lowest BCUT2D eigenvalue weighted by Crippen LogP contribution is -2.42. The molecule has 3 aromatic rings. The fourth-order valence-corrected chi connectivity index (χ4v) is 6.21. The highest BCUT2D eigenvalue weighted by Crippen LogP contribution is 2.59. The predicted molar refractivity (Wildman–Crippen MR) is 144 cm³/mol. The van der Waals surface area contributed by atoms with Gasteiger partial charge in [0, 0.05) is 18.2 Å². The highest BCUT2D eigenvalue weighted by atomic mass is 19.1. The molecule has 3 aromatic heterocycles. The molecule has 0 saturated heterocycles. The fourth-order valence-electron chi connectivity index (χ4n) is 6.21. The predicted octanol–water partition coefficient (Wildman–Crippen LogP) is 4.20. The van der Waals surface area contributed by atoms with E-state index in [1.807, 2.05) is 12.1 Å². The molecule has 0 radical (unpaired) electrons. The van der Waals surface area contributed by atoms with Gasteiger partial charge in [-0.25, -0.2) is 8.91 Å². The molecule has 0 aliphatic heterocycles. The van der Waals surface area contributed by atoms with E-state index >= 15 is 0 Å². The molecule has 0 aromatic carbocycles. The first kappa shape index (κ1) is 26.8. The lowest BCUT2D eigenvalue weighted by atomic mass is 9.80. The Morgan fingerprint density at radius 3 is 2.64 bits per heavy atom. The van der Waals surface area contributed by atoms with Gasteiger partial charge in [-0.15, -0.1) is 0 Å². The number of fused-ring (bicyclic) bond motifs is 3. The maximum Gasteiger partial charge on any atom is 0.255 e. The van der Waals surface area contributed by atoms with Gasteiger partial charge in [0.05, 0.1) is 52.1 Å². The Balaban J connectivity index is 1.49. The van der Waals surface area contributed by atoms with Gasteiger partial charge in [-0.05, 0) is 82.6 Å². The van der Waals surface area contributed by atoms with E-state index in [0.29, 0.717) is 29.1 Å². The number of carbonyl (C=O) groups is 2. The van der Waals surface area contributed by atoms with Crippen molar-refractivity contribution in [3.8, 4) is 17.5 Å². The minimum absolute atomic E-state index is 0.00856. The van der Waals surface area contributed by atoms with Gasteiger partial charge in [0.25, 0.3) is 5.91 Å². The van der Waals surface area contributed by atoms with E-state index in [2.05, 4.69) is 26.8 Å². The van der Waals surface area contributed by atoms with Gasteiger partial charge in [-0.1, -0.05) is 0 Å². The van der Waals surface area contributed by atoms with Gasteiger partial charge >= 0.3 is 0 Å². The normalized spacial score (nSPS) is 23.0. The molecule has 3 N–H and O–H groups in total. The number of aliphatic hydroxyl groups is 1. The molecular weight excluding hydrogens is 499 g/mol. The summed E-state index contributed by atoms with van der Waals surface area (Å²) in [6.45, 7) is 4.01. The van der Waals surface area contributed by atoms with Crippen LogP contribution in [-0.2, 0) is 4.79 Å². The molecule has 2 aliphatic rings. The van der Waals surface area contributed by atoms with Crippen molar-refractivity contribution in [3.63, 3.8) is 0 Å². The number of nitriles is 1. The van der Waals surface area contributed by atoms with Crippen molar-refractivity contribution in [1.82, 2.24) is 19.9 Å². The summed E-state index contributed by atoms with van der Waals surface area (Å²) < 4.78 is 16.1. The monoisotopic (exact) mass is 532 g/mol. The molecule has 0 unspecified atom stereocenters. The number of halogens is 1. The van der Waals surface area contributed by atoms with E-state index in [4.69, 9.17) is 0 Å². The minimum atomic E-state index is -1.64. The third-order valence-corrected chi connectivity index (χ3v) is 8.25. The largest absolute Gasteiger partial charge is 0.387 e. The Bertz CT molecular complexity index is 1480. The summed E-state index contributed by atoms with van der Waals surface area (Å²) in [5, 5.41) is 29.8. The quantitative estimate of drug-likeness (QED) is 0.376. The maximum atomic E-state index is 14.4. The van der Waals surface area contributed by atoms with Crippen LogP contribution in [0.25, 0.3) is 16.9 Å². The number of alkyl halides is 1. The van der Waals surface area contributed by atoms with Gasteiger partial charge < -0.3 is 20.5 Å². The zero-order valence-corrected chi connectivity index (χ0v) is 22.4. The molecule has 2 aliphatic carbocycles. The Morgan fingerprint density at radius 1 is 1.23 bits per heavy atom. The molecule has 0 spiro atoms. The molecule has 2 bridgehead atoms. The van der Waals surface area contributed by atoms with Crippen molar-refractivity contribution in [2.75, 3.05) is 11.9 Å². The lowest BCUT2D eigenvalue weighted by molar-refractivity contribution is -0.119. The van der Waals surface area contributed by atoms with E-state index in [-0.39, 0.29) is 28.8 Å². The van der Waals surface area contributed by atoms with Gasteiger partial charge in [0.1, 0.15) is 18.0 Å². The number of rotatable bonds is 9. The molecule has 2 saturated carbocycles. The fraction of sp³-hybridized carbons (Fsp3) is 0.483. The zero-order valence-electron chi connectivity index (χ0n) is 22.4. The van der Waals surface area contributed by atoms with Gasteiger partial charge in [-0.2, -0.15) is 10.4 Å². The minimum Gasteiger partial charge on any atom is -0.387 e. The van der Waals surface area contributed by atoms with Gasteiger partial charge in [-0.3, -0.25) is 9.78 Å². The topological polar surface area (TPSA) is 132 Å². The van der Waals surface area contributed by atoms with Crippen LogP contribution in [0.4, 0.5) is 10.1 Å². The van der Waals surface area contributed by atoms with Crippen LogP contribution >= 0.6 is 0 Å². The third-order valence-electron chi connectivity index (χ3n) is 8.25. The second kappa shape index (κ2) is 9.72. The van der Waals surface area contributed by atoms with Crippen molar-refractivity contribution in [1.29, 1.82) is 5.26 Å². The number of hydrogen-bond donors (Lipinski definition) is 3. The number of ketones is 1. The summed E-state index contributed by atoms with van der Waals surface area (Å²) in [7, 11) is 0. The molecule has 9 nitrogen and oxygen atoms in total.